The van der Waals surface area contributed by atoms with E-state index in [1.54, 1.807) is 6.92 Å². The van der Waals surface area contributed by atoms with Gasteiger partial charge in [-0.1, -0.05) is 0 Å². The Labute approximate surface area is 98.8 Å². The van der Waals surface area contributed by atoms with Crippen LogP contribution in [0.3, 0.4) is 0 Å². The van der Waals surface area contributed by atoms with Gasteiger partial charge in [0.05, 0.1) is 0 Å². The summed E-state index contributed by atoms with van der Waals surface area (Å²) in [5, 5.41) is 0. The monoisotopic (exact) mass is 224 g/mol. The number of amides is 1. The Hall–Kier alpha value is -0.570. The van der Waals surface area contributed by atoms with E-state index >= 15 is 0 Å². The van der Waals surface area contributed by atoms with Crippen molar-refractivity contribution < 1.29 is 4.79 Å². The van der Waals surface area contributed by atoms with E-state index in [9.17, 15) is 4.79 Å². The summed E-state index contributed by atoms with van der Waals surface area (Å²) in [5.41, 5.74) is 0.232. The summed E-state index contributed by atoms with van der Waals surface area (Å²) in [6.45, 7) is 10.6. The van der Waals surface area contributed by atoms with E-state index in [1.165, 1.54) is 19.3 Å². The topological polar surface area (TPSA) is 23.6 Å². The quantitative estimate of drug-likeness (QED) is 0.627. The lowest BCUT2D eigenvalue weighted by atomic mass is 9.98. The maximum atomic E-state index is 11.6. The molecule has 2 atom stereocenters. The molecule has 0 N–H and O–H groups in total. The average Bonchev–Trinajstić information content (AvgIpc) is 2.47. The van der Waals surface area contributed by atoms with E-state index in [1.807, 2.05) is 0 Å². The van der Waals surface area contributed by atoms with Gasteiger partial charge in [0, 0.05) is 37.6 Å². The van der Waals surface area contributed by atoms with Crippen LogP contribution in [0.1, 0.15) is 47.0 Å². The number of hydrogen-bond acceptors (Lipinski definition) is 2. The Morgan fingerprint density at radius 1 is 1.12 bits per heavy atom. The number of hydrogen-bond donors (Lipinski definition) is 0. The second-order valence-electron chi connectivity index (χ2n) is 6.23. The minimum Gasteiger partial charge on any atom is -0.337 e. The zero-order valence-electron chi connectivity index (χ0n) is 11.0. The molecule has 2 bridgehead atoms. The fourth-order valence-corrected chi connectivity index (χ4v) is 3.24. The molecule has 0 radical (unpaired) electrons. The molecule has 3 fully saturated rings. The van der Waals surface area contributed by atoms with Crippen molar-refractivity contribution in [3.8, 4) is 0 Å². The zero-order valence-corrected chi connectivity index (χ0v) is 11.0. The highest BCUT2D eigenvalue weighted by Crippen LogP contribution is 2.32. The first-order valence-electron chi connectivity index (χ1n) is 6.43. The van der Waals surface area contributed by atoms with Crippen molar-refractivity contribution in [1.29, 1.82) is 0 Å². The molecule has 0 spiro atoms. The molecule has 0 aromatic carbocycles. The summed E-state index contributed by atoms with van der Waals surface area (Å²) >= 11 is 0. The smallest absolute Gasteiger partial charge is 0.219 e. The van der Waals surface area contributed by atoms with Crippen LogP contribution in [0, 0.1) is 0 Å². The van der Waals surface area contributed by atoms with Crippen LogP contribution in [-0.4, -0.2) is 46.4 Å². The fraction of sp³-hybridized carbons (Fsp3) is 0.923. The lowest BCUT2D eigenvalue weighted by Crippen LogP contribution is -2.62. The van der Waals surface area contributed by atoms with Crippen LogP contribution < -0.4 is 0 Å². The van der Waals surface area contributed by atoms with Gasteiger partial charge >= 0.3 is 0 Å². The summed E-state index contributed by atoms with van der Waals surface area (Å²) in [7, 11) is 0. The van der Waals surface area contributed by atoms with Gasteiger partial charge in [-0.25, -0.2) is 0 Å². The highest BCUT2D eigenvalue weighted by Gasteiger charge is 2.41. The predicted octanol–water partition coefficient (Wildman–Crippen LogP) is 1.87. The van der Waals surface area contributed by atoms with Crippen molar-refractivity contribution in [3.63, 3.8) is 0 Å². The molecule has 92 valence electrons. The summed E-state index contributed by atoms with van der Waals surface area (Å²) in [6.07, 6.45) is 3.70. The van der Waals surface area contributed by atoms with Crippen LogP contribution in [0.2, 0.25) is 0 Å². The van der Waals surface area contributed by atoms with Crippen LogP contribution in [0.4, 0.5) is 0 Å². The number of piperazine rings is 1. The Morgan fingerprint density at radius 2 is 1.75 bits per heavy atom. The molecular weight excluding hydrogens is 200 g/mol. The minimum absolute atomic E-state index is 0.232. The van der Waals surface area contributed by atoms with E-state index in [-0.39, 0.29) is 11.4 Å². The fourth-order valence-electron chi connectivity index (χ4n) is 3.24. The molecule has 0 aromatic heterocycles. The summed E-state index contributed by atoms with van der Waals surface area (Å²) in [4.78, 5) is 16.3. The van der Waals surface area contributed by atoms with E-state index < -0.39 is 0 Å². The Bertz CT molecular complexity index is 282. The maximum absolute atomic E-state index is 11.6. The SMILES string of the molecule is CC(=O)N1CC2CCCC1CN2C(C)(C)C. The van der Waals surface area contributed by atoms with Crippen LogP contribution in [0.5, 0.6) is 0 Å². The Balaban J connectivity index is 2.19. The van der Waals surface area contributed by atoms with Gasteiger partial charge in [-0.15, -0.1) is 0 Å². The second kappa shape index (κ2) is 4.02. The van der Waals surface area contributed by atoms with Crippen molar-refractivity contribution in [1.82, 2.24) is 9.80 Å². The van der Waals surface area contributed by atoms with Crippen molar-refractivity contribution in [2.45, 2.75) is 64.6 Å². The molecule has 0 aliphatic carbocycles. The van der Waals surface area contributed by atoms with Crippen LogP contribution in [-0.2, 0) is 4.79 Å². The lowest BCUT2D eigenvalue weighted by molar-refractivity contribution is -0.136. The molecular formula is C13H24N2O. The van der Waals surface area contributed by atoms with E-state index in [2.05, 4.69) is 30.6 Å². The predicted molar refractivity (Wildman–Crippen MR) is 65.3 cm³/mol. The summed E-state index contributed by atoms with van der Waals surface area (Å²) < 4.78 is 0. The minimum atomic E-state index is 0.232. The van der Waals surface area contributed by atoms with Gasteiger partial charge in [-0.2, -0.15) is 0 Å². The number of rotatable bonds is 0. The van der Waals surface area contributed by atoms with E-state index in [4.69, 9.17) is 0 Å². The molecule has 16 heavy (non-hydrogen) atoms. The average molecular weight is 224 g/mol. The largest absolute Gasteiger partial charge is 0.337 e. The number of carbonyl (C=O) groups excluding carboxylic acids is 1. The third kappa shape index (κ3) is 2.10. The Morgan fingerprint density at radius 3 is 2.31 bits per heavy atom. The highest BCUT2D eigenvalue weighted by molar-refractivity contribution is 5.73. The molecule has 3 rings (SSSR count). The molecule has 3 saturated heterocycles. The van der Waals surface area contributed by atoms with Gasteiger partial charge in [0.15, 0.2) is 0 Å². The standard InChI is InChI=1S/C13H24N2O/c1-10(16)14-8-12-7-5-6-11(14)9-15(12)13(2,3)4/h11-12H,5-9H2,1-4H3. The van der Waals surface area contributed by atoms with Crippen molar-refractivity contribution in [2.24, 2.45) is 0 Å². The first-order valence-corrected chi connectivity index (χ1v) is 6.43. The van der Waals surface area contributed by atoms with Gasteiger partial charge < -0.3 is 4.90 Å². The van der Waals surface area contributed by atoms with Crippen molar-refractivity contribution in [2.75, 3.05) is 13.1 Å². The third-order valence-electron chi connectivity index (χ3n) is 4.04. The first-order chi connectivity index (χ1) is 7.39. The van der Waals surface area contributed by atoms with Gasteiger partial charge in [-0.3, -0.25) is 9.69 Å². The number of nitrogens with zero attached hydrogens (tertiary/aromatic N) is 2. The first kappa shape index (κ1) is 11.9. The molecule has 2 unspecified atom stereocenters. The molecule has 3 aliphatic heterocycles. The van der Waals surface area contributed by atoms with Crippen LogP contribution >= 0.6 is 0 Å². The lowest BCUT2D eigenvalue weighted by Gasteiger charge is -2.49. The van der Waals surface area contributed by atoms with Gasteiger partial charge in [0.25, 0.3) is 0 Å². The molecule has 1 amide bonds. The number of fused-ring (bicyclic) bond motifs is 4. The Kier molecular flexibility index (Phi) is 2.99. The van der Waals surface area contributed by atoms with Gasteiger partial charge in [-0.05, 0) is 40.0 Å². The number of carbonyl (C=O) groups is 1. The summed E-state index contributed by atoms with van der Waals surface area (Å²) in [5.74, 6) is 0.255. The van der Waals surface area contributed by atoms with Crippen molar-refractivity contribution >= 4 is 5.91 Å². The third-order valence-corrected chi connectivity index (χ3v) is 4.04. The van der Waals surface area contributed by atoms with Crippen molar-refractivity contribution in [3.05, 3.63) is 0 Å². The van der Waals surface area contributed by atoms with E-state index in [0.717, 1.165) is 13.1 Å². The van der Waals surface area contributed by atoms with Crippen LogP contribution in [0.15, 0.2) is 0 Å². The molecule has 3 heteroatoms. The van der Waals surface area contributed by atoms with Gasteiger partial charge in [0.2, 0.25) is 5.91 Å². The molecule has 3 nitrogen and oxygen atoms in total. The molecule has 0 aromatic rings. The maximum Gasteiger partial charge on any atom is 0.219 e. The van der Waals surface area contributed by atoms with Gasteiger partial charge in [0.1, 0.15) is 0 Å². The van der Waals surface area contributed by atoms with Crippen LogP contribution in [0.25, 0.3) is 0 Å². The highest BCUT2D eigenvalue weighted by atomic mass is 16.2. The normalized spacial score (nSPS) is 31.6. The molecule has 3 heterocycles. The second-order valence-corrected chi connectivity index (χ2v) is 6.23. The van der Waals surface area contributed by atoms with E-state index in [0.29, 0.717) is 12.1 Å². The molecule has 3 aliphatic rings. The molecule has 0 saturated carbocycles. The summed E-state index contributed by atoms with van der Waals surface area (Å²) in [6, 6.07) is 1.03. The zero-order chi connectivity index (χ0) is 11.9.